The molecule has 0 aliphatic heterocycles. The summed E-state index contributed by atoms with van der Waals surface area (Å²) in [5.41, 5.74) is 2.81. The fourth-order valence-corrected chi connectivity index (χ4v) is 2.80. The van der Waals surface area contributed by atoms with Crippen molar-refractivity contribution >= 4 is 11.3 Å². The Morgan fingerprint density at radius 2 is 2.00 bits per heavy atom. The summed E-state index contributed by atoms with van der Waals surface area (Å²) in [6.07, 6.45) is 3.03. The third-order valence-corrected chi connectivity index (χ3v) is 4.20. The molecule has 1 heterocycles. The lowest BCUT2D eigenvalue weighted by molar-refractivity contribution is 0.570. The van der Waals surface area contributed by atoms with Gasteiger partial charge in [-0.1, -0.05) is 31.2 Å². The normalized spacial score (nSPS) is 12.6. The second-order valence-electron chi connectivity index (χ2n) is 4.53. The number of thiazole rings is 1. The minimum Gasteiger partial charge on any atom is -0.304 e. The van der Waals surface area contributed by atoms with Crippen LogP contribution in [0.5, 0.6) is 0 Å². The van der Waals surface area contributed by atoms with E-state index in [1.54, 1.807) is 11.3 Å². The Morgan fingerprint density at radius 3 is 2.61 bits per heavy atom. The smallest absolute Gasteiger partial charge is 0.109 e. The van der Waals surface area contributed by atoms with Crippen molar-refractivity contribution in [3.63, 3.8) is 0 Å². The lowest BCUT2D eigenvalue weighted by Crippen LogP contribution is -2.18. The van der Waals surface area contributed by atoms with Crippen LogP contribution in [-0.2, 0) is 13.0 Å². The van der Waals surface area contributed by atoms with Gasteiger partial charge in [0, 0.05) is 17.6 Å². The maximum atomic E-state index is 4.43. The number of hydrogen-bond donors (Lipinski definition) is 1. The SMILES string of the molecule is CCc1ccccc1CNC(C)c1ncc(C)s1. The van der Waals surface area contributed by atoms with Crippen molar-refractivity contribution in [2.45, 2.75) is 39.8 Å². The molecule has 0 spiro atoms. The first-order valence-electron chi connectivity index (χ1n) is 6.43. The van der Waals surface area contributed by atoms with E-state index in [-0.39, 0.29) is 0 Å². The molecule has 18 heavy (non-hydrogen) atoms. The monoisotopic (exact) mass is 260 g/mol. The average molecular weight is 260 g/mol. The molecule has 0 saturated carbocycles. The van der Waals surface area contributed by atoms with Crippen LogP contribution in [0.15, 0.2) is 30.5 Å². The van der Waals surface area contributed by atoms with Crippen LogP contribution in [-0.4, -0.2) is 4.98 Å². The van der Waals surface area contributed by atoms with Crippen molar-refractivity contribution in [2.24, 2.45) is 0 Å². The highest BCUT2D eigenvalue weighted by molar-refractivity contribution is 7.11. The van der Waals surface area contributed by atoms with E-state index in [9.17, 15) is 0 Å². The van der Waals surface area contributed by atoms with E-state index >= 15 is 0 Å². The Hall–Kier alpha value is -1.19. The second kappa shape index (κ2) is 6.12. The third kappa shape index (κ3) is 3.18. The molecule has 3 heteroatoms. The van der Waals surface area contributed by atoms with Gasteiger partial charge in [-0.3, -0.25) is 0 Å². The zero-order valence-electron chi connectivity index (χ0n) is 11.2. The molecule has 0 fully saturated rings. The molecule has 1 N–H and O–H groups in total. The highest BCUT2D eigenvalue weighted by Gasteiger charge is 2.09. The van der Waals surface area contributed by atoms with Crippen LogP contribution < -0.4 is 5.32 Å². The Labute approximate surface area is 113 Å². The first kappa shape index (κ1) is 13.2. The predicted molar refractivity (Wildman–Crippen MR) is 77.9 cm³/mol. The first-order valence-corrected chi connectivity index (χ1v) is 7.25. The van der Waals surface area contributed by atoms with Crippen molar-refractivity contribution in [2.75, 3.05) is 0 Å². The first-order chi connectivity index (χ1) is 8.70. The zero-order valence-corrected chi connectivity index (χ0v) is 12.1. The van der Waals surface area contributed by atoms with Crippen LogP contribution >= 0.6 is 11.3 Å². The van der Waals surface area contributed by atoms with Crippen LogP contribution in [0, 0.1) is 6.92 Å². The van der Waals surface area contributed by atoms with Gasteiger partial charge < -0.3 is 5.32 Å². The van der Waals surface area contributed by atoms with Crippen LogP contribution in [0.3, 0.4) is 0 Å². The Morgan fingerprint density at radius 1 is 1.28 bits per heavy atom. The second-order valence-corrected chi connectivity index (χ2v) is 5.80. The Balaban J connectivity index is 1.99. The minimum atomic E-state index is 0.314. The van der Waals surface area contributed by atoms with Gasteiger partial charge in [0.2, 0.25) is 0 Å². The predicted octanol–water partition coefficient (Wildman–Crippen LogP) is 3.86. The molecule has 1 aromatic heterocycles. The molecular formula is C15H20N2S. The van der Waals surface area contributed by atoms with E-state index in [0.717, 1.165) is 13.0 Å². The highest BCUT2D eigenvalue weighted by atomic mass is 32.1. The van der Waals surface area contributed by atoms with E-state index in [0.29, 0.717) is 6.04 Å². The van der Waals surface area contributed by atoms with Crippen molar-refractivity contribution in [3.05, 3.63) is 51.5 Å². The Kier molecular flexibility index (Phi) is 4.50. The molecule has 0 radical (unpaired) electrons. The van der Waals surface area contributed by atoms with Gasteiger partial charge in [-0.05, 0) is 31.4 Å². The lowest BCUT2D eigenvalue weighted by atomic mass is 10.1. The number of hydrogen-bond acceptors (Lipinski definition) is 3. The number of rotatable bonds is 5. The fourth-order valence-electron chi connectivity index (χ4n) is 2.00. The molecule has 96 valence electrons. The molecule has 2 rings (SSSR count). The van der Waals surface area contributed by atoms with Gasteiger partial charge in [0.05, 0.1) is 6.04 Å². The van der Waals surface area contributed by atoms with Crippen LogP contribution in [0.4, 0.5) is 0 Å². The molecule has 2 nitrogen and oxygen atoms in total. The topological polar surface area (TPSA) is 24.9 Å². The zero-order chi connectivity index (χ0) is 13.0. The summed E-state index contributed by atoms with van der Waals surface area (Å²) in [7, 11) is 0. The summed E-state index contributed by atoms with van der Waals surface area (Å²) in [6, 6.07) is 8.93. The van der Waals surface area contributed by atoms with Gasteiger partial charge in [0.25, 0.3) is 0 Å². The van der Waals surface area contributed by atoms with E-state index < -0.39 is 0 Å². The lowest BCUT2D eigenvalue weighted by Gasteiger charge is -2.13. The molecule has 0 aliphatic rings. The number of nitrogens with zero attached hydrogens (tertiary/aromatic N) is 1. The number of aromatic nitrogens is 1. The van der Waals surface area contributed by atoms with Crippen LogP contribution in [0.2, 0.25) is 0 Å². The van der Waals surface area contributed by atoms with Gasteiger partial charge >= 0.3 is 0 Å². The molecule has 0 aliphatic carbocycles. The summed E-state index contributed by atoms with van der Waals surface area (Å²) in [6.45, 7) is 7.38. The summed E-state index contributed by atoms with van der Waals surface area (Å²) in [5, 5.41) is 4.72. The molecule has 0 bridgehead atoms. The molecule has 0 amide bonds. The fraction of sp³-hybridized carbons (Fsp3) is 0.400. The van der Waals surface area contributed by atoms with Crippen molar-refractivity contribution < 1.29 is 0 Å². The van der Waals surface area contributed by atoms with Gasteiger partial charge in [-0.2, -0.15) is 0 Å². The van der Waals surface area contributed by atoms with Crippen LogP contribution in [0.25, 0.3) is 0 Å². The van der Waals surface area contributed by atoms with Crippen molar-refractivity contribution in [1.29, 1.82) is 0 Å². The molecule has 2 aromatic rings. The highest BCUT2D eigenvalue weighted by Crippen LogP contribution is 2.19. The van der Waals surface area contributed by atoms with E-state index in [4.69, 9.17) is 0 Å². The molecule has 1 aromatic carbocycles. The maximum Gasteiger partial charge on any atom is 0.109 e. The number of aryl methyl sites for hydroxylation is 2. The molecule has 1 atom stereocenters. The number of benzene rings is 1. The average Bonchev–Trinajstić information content (AvgIpc) is 2.83. The quantitative estimate of drug-likeness (QED) is 0.883. The summed E-state index contributed by atoms with van der Waals surface area (Å²) in [4.78, 5) is 5.70. The standard InChI is InChI=1S/C15H20N2S/c1-4-13-7-5-6-8-14(13)10-16-12(3)15-17-9-11(2)18-15/h5-9,12,16H,4,10H2,1-3H3. The molecular weight excluding hydrogens is 240 g/mol. The van der Waals surface area contributed by atoms with Crippen LogP contribution in [0.1, 0.15) is 40.9 Å². The largest absolute Gasteiger partial charge is 0.304 e. The summed E-state index contributed by atoms with van der Waals surface area (Å²) >= 11 is 1.77. The molecule has 1 unspecified atom stereocenters. The van der Waals surface area contributed by atoms with Gasteiger partial charge in [0.1, 0.15) is 5.01 Å². The van der Waals surface area contributed by atoms with Gasteiger partial charge in [-0.15, -0.1) is 11.3 Å². The third-order valence-electron chi connectivity index (χ3n) is 3.11. The summed E-state index contributed by atoms with van der Waals surface area (Å²) < 4.78 is 0. The summed E-state index contributed by atoms with van der Waals surface area (Å²) in [5.74, 6) is 0. The van der Waals surface area contributed by atoms with Crippen molar-refractivity contribution in [1.82, 2.24) is 10.3 Å². The molecule has 0 saturated heterocycles. The number of nitrogens with one attached hydrogen (secondary N) is 1. The maximum absolute atomic E-state index is 4.43. The van der Waals surface area contributed by atoms with E-state index in [1.807, 2.05) is 6.20 Å². The van der Waals surface area contributed by atoms with Gasteiger partial charge in [0.15, 0.2) is 0 Å². The van der Waals surface area contributed by atoms with Gasteiger partial charge in [-0.25, -0.2) is 4.98 Å². The van der Waals surface area contributed by atoms with E-state index in [1.165, 1.54) is 21.0 Å². The Bertz CT molecular complexity index is 505. The van der Waals surface area contributed by atoms with Crippen molar-refractivity contribution in [3.8, 4) is 0 Å². The minimum absolute atomic E-state index is 0.314. The van der Waals surface area contributed by atoms with E-state index in [2.05, 4.69) is 55.3 Å².